The van der Waals surface area contributed by atoms with Crippen molar-refractivity contribution in [3.8, 4) is 0 Å². The molecule has 6 heteroatoms. The first kappa shape index (κ1) is 18.6. The second-order valence-electron chi connectivity index (χ2n) is 7.14. The molecule has 1 N–H and O–H groups in total. The maximum absolute atomic E-state index is 13.3. The van der Waals surface area contributed by atoms with E-state index in [1.54, 1.807) is 12.1 Å². The average molecular weight is 359 g/mol. The number of carbonyl (C=O) groups excluding carboxylic acids is 1. The Morgan fingerprint density at radius 2 is 1.92 bits per heavy atom. The summed E-state index contributed by atoms with van der Waals surface area (Å²) >= 11 is 0. The average Bonchev–Trinajstić information content (AvgIpc) is 3.12. The summed E-state index contributed by atoms with van der Waals surface area (Å²) in [5.41, 5.74) is 1.52. The fraction of sp³-hybridized carbons (Fsp3) is 0.500. The zero-order valence-electron chi connectivity index (χ0n) is 15.4. The van der Waals surface area contributed by atoms with E-state index in [4.69, 9.17) is 4.52 Å². The van der Waals surface area contributed by atoms with Gasteiger partial charge in [-0.15, -0.1) is 0 Å². The number of piperidine rings is 1. The van der Waals surface area contributed by atoms with Crippen molar-refractivity contribution in [3.05, 3.63) is 53.2 Å². The Hall–Kier alpha value is -2.21. The number of halogens is 1. The number of carbonyl (C=O) groups is 1. The number of hydrogen-bond donors (Lipinski definition) is 1. The minimum Gasteiger partial charge on any atom is -0.361 e. The molecule has 1 aliphatic rings. The summed E-state index contributed by atoms with van der Waals surface area (Å²) < 4.78 is 18.6. The maximum atomic E-state index is 13.3. The van der Waals surface area contributed by atoms with Crippen molar-refractivity contribution in [1.29, 1.82) is 0 Å². The fourth-order valence-electron chi connectivity index (χ4n) is 3.31. The molecule has 1 unspecified atom stereocenters. The zero-order valence-corrected chi connectivity index (χ0v) is 15.4. The number of rotatable bonds is 6. The normalized spacial score (nSPS) is 16.6. The molecule has 0 radical (unpaired) electrons. The molecular formula is C20H26FN3O2. The fourth-order valence-corrected chi connectivity index (χ4v) is 3.31. The lowest BCUT2D eigenvalue weighted by molar-refractivity contribution is -0.127. The molecule has 0 spiro atoms. The van der Waals surface area contributed by atoms with Crippen LogP contribution >= 0.6 is 0 Å². The van der Waals surface area contributed by atoms with E-state index >= 15 is 0 Å². The maximum Gasteiger partial charge on any atom is 0.242 e. The summed E-state index contributed by atoms with van der Waals surface area (Å²) in [6.07, 6.45) is 3.34. The summed E-state index contributed by atoms with van der Waals surface area (Å²) in [4.78, 5) is 15.1. The first-order chi connectivity index (χ1) is 12.5. The standard InChI is InChI=1S/C20H26FN3O2/c1-14(2)18-12-17(23-26-18)13-22-20(25)19(24-10-4-3-5-11-24)15-6-8-16(21)9-7-15/h6-9,12,14,19H,3-5,10-11,13H2,1-2H3,(H,22,25). The van der Waals surface area contributed by atoms with Crippen molar-refractivity contribution in [2.24, 2.45) is 0 Å². The van der Waals surface area contributed by atoms with Crippen LogP contribution in [0, 0.1) is 5.82 Å². The molecule has 1 atom stereocenters. The highest BCUT2D eigenvalue weighted by Crippen LogP contribution is 2.25. The Kier molecular flexibility index (Phi) is 6.04. The number of likely N-dealkylation sites (tertiary alicyclic amines) is 1. The van der Waals surface area contributed by atoms with Crippen LogP contribution < -0.4 is 5.32 Å². The number of nitrogens with one attached hydrogen (secondary N) is 1. The largest absolute Gasteiger partial charge is 0.361 e. The van der Waals surface area contributed by atoms with Crippen LogP contribution in [0.2, 0.25) is 0 Å². The topological polar surface area (TPSA) is 58.4 Å². The van der Waals surface area contributed by atoms with Crippen LogP contribution in [-0.2, 0) is 11.3 Å². The summed E-state index contributed by atoms with van der Waals surface area (Å²) in [5.74, 6) is 0.676. The van der Waals surface area contributed by atoms with Gasteiger partial charge in [0.1, 0.15) is 23.3 Å². The van der Waals surface area contributed by atoms with Gasteiger partial charge in [-0.3, -0.25) is 9.69 Å². The van der Waals surface area contributed by atoms with Gasteiger partial charge in [-0.25, -0.2) is 4.39 Å². The van der Waals surface area contributed by atoms with Gasteiger partial charge in [-0.05, 0) is 43.6 Å². The third-order valence-electron chi connectivity index (χ3n) is 4.78. The van der Waals surface area contributed by atoms with E-state index < -0.39 is 6.04 Å². The molecule has 5 nitrogen and oxygen atoms in total. The first-order valence-electron chi connectivity index (χ1n) is 9.27. The van der Waals surface area contributed by atoms with Crippen LogP contribution in [0.1, 0.15) is 62.1 Å². The van der Waals surface area contributed by atoms with E-state index in [0.29, 0.717) is 12.2 Å². The third-order valence-corrected chi connectivity index (χ3v) is 4.78. The SMILES string of the molecule is CC(C)c1cc(CNC(=O)C(c2ccc(F)cc2)N2CCCCC2)no1. The molecule has 1 aromatic carbocycles. The minimum absolute atomic E-state index is 0.0902. The van der Waals surface area contributed by atoms with Gasteiger partial charge in [-0.2, -0.15) is 0 Å². The van der Waals surface area contributed by atoms with E-state index in [2.05, 4.69) is 15.4 Å². The second-order valence-corrected chi connectivity index (χ2v) is 7.14. The van der Waals surface area contributed by atoms with Gasteiger partial charge < -0.3 is 9.84 Å². The van der Waals surface area contributed by atoms with Gasteiger partial charge in [0.2, 0.25) is 5.91 Å². The van der Waals surface area contributed by atoms with Crippen molar-refractivity contribution in [1.82, 2.24) is 15.4 Å². The molecule has 1 aliphatic heterocycles. The molecule has 2 aromatic rings. The number of nitrogens with zero attached hydrogens (tertiary/aromatic N) is 2. The summed E-state index contributed by atoms with van der Waals surface area (Å²) in [6.45, 7) is 6.13. The van der Waals surface area contributed by atoms with E-state index in [1.807, 2.05) is 19.9 Å². The quantitative estimate of drug-likeness (QED) is 0.853. The highest BCUT2D eigenvalue weighted by Gasteiger charge is 2.28. The molecule has 1 amide bonds. The Morgan fingerprint density at radius 1 is 1.23 bits per heavy atom. The van der Waals surface area contributed by atoms with Crippen molar-refractivity contribution >= 4 is 5.91 Å². The van der Waals surface area contributed by atoms with Crippen LogP contribution in [0.5, 0.6) is 0 Å². The second kappa shape index (κ2) is 8.45. The van der Waals surface area contributed by atoms with Crippen LogP contribution in [-0.4, -0.2) is 29.1 Å². The van der Waals surface area contributed by atoms with Crippen molar-refractivity contribution in [2.75, 3.05) is 13.1 Å². The highest BCUT2D eigenvalue weighted by molar-refractivity contribution is 5.83. The Labute approximate surface area is 153 Å². The van der Waals surface area contributed by atoms with Gasteiger partial charge in [0.15, 0.2) is 0 Å². The highest BCUT2D eigenvalue weighted by atomic mass is 19.1. The third kappa shape index (κ3) is 4.49. The van der Waals surface area contributed by atoms with E-state index in [1.165, 1.54) is 18.6 Å². The Balaban J connectivity index is 1.72. The van der Waals surface area contributed by atoms with Gasteiger partial charge in [0.25, 0.3) is 0 Å². The van der Waals surface area contributed by atoms with Crippen LogP contribution in [0.25, 0.3) is 0 Å². The molecule has 3 rings (SSSR count). The Morgan fingerprint density at radius 3 is 2.54 bits per heavy atom. The van der Waals surface area contributed by atoms with Crippen molar-refractivity contribution in [3.63, 3.8) is 0 Å². The van der Waals surface area contributed by atoms with Gasteiger partial charge in [0.05, 0.1) is 6.54 Å². The molecule has 0 aliphatic carbocycles. The number of hydrogen-bond acceptors (Lipinski definition) is 4. The first-order valence-corrected chi connectivity index (χ1v) is 9.27. The van der Waals surface area contributed by atoms with E-state index in [-0.39, 0.29) is 17.6 Å². The lowest BCUT2D eigenvalue weighted by atomic mass is 10.0. The van der Waals surface area contributed by atoms with Crippen LogP contribution in [0.4, 0.5) is 4.39 Å². The predicted molar refractivity (Wildman–Crippen MR) is 97.0 cm³/mol. The molecule has 140 valence electrons. The molecule has 1 saturated heterocycles. The van der Waals surface area contributed by atoms with E-state index in [9.17, 15) is 9.18 Å². The molecule has 0 bridgehead atoms. The zero-order chi connectivity index (χ0) is 18.5. The number of benzene rings is 1. The predicted octanol–water partition coefficient (Wildman–Crippen LogP) is 3.78. The number of aromatic nitrogens is 1. The van der Waals surface area contributed by atoms with Crippen LogP contribution in [0.3, 0.4) is 0 Å². The molecule has 0 saturated carbocycles. The van der Waals surface area contributed by atoms with Crippen LogP contribution in [0.15, 0.2) is 34.9 Å². The summed E-state index contributed by atoms with van der Waals surface area (Å²) in [7, 11) is 0. The van der Waals surface area contributed by atoms with Crippen molar-refractivity contribution in [2.45, 2.75) is 51.6 Å². The van der Waals surface area contributed by atoms with E-state index in [0.717, 1.165) is 37.3 Å². The lowest BCUT2D eigenvalue weighted by Gasteiger charge is -2.33. The lowest BCUT2D eigenvalue weighted by Crippen LogP contribution is -2.42. The summed E-state index contributed by atoms with van der Waals surface area (Å²) in [6, 6.07) is 7.67. The minimum atomic E-state index is -0.410. The summed E-state index contributed by atoms with van der Waals surface area (Å²) in [5, 5.41) is 6.98. The van der Waals surface area contributed by atoms with Gasteiger partial charge >= 0.3 is 0 Å². The molecular weight excluding hydrogens is 333 g/mol. The molecule has 26 heavy (non-hydrogen) atoms. The molecule has 1 aromatic heterocycles. The smallest absolute Gasteiger partial charge is 0.242 e. The van der Waals surface area contributed by atoms with Crippen molar-refractivity contribution < 1.29 is 13.7 Å². The van der Waals surface area contributed by atoms with Gasteiger partial charge in [-0.1, -0.05) is 37.6 Å². The molecule has 1 fully saturated rings. The van der Waals surface area contributed by atoms with Gasteiger partial charge in [0, 0.05) is 12.0 Å². The monoisotopic (exact) mass is 359 g/mol. The Bertz CT molecular complexity index is 721. The molecule has 2 heterocycles. The number of amides is 1.